The predicted molar refractivity (Wildman–Crippen MR) is 210 cm³/mol. The topological polar surface area (TPSA) is 56.7 Å². The fourth-order valence-corrected chi connectivity index (χ4v) is 7.19. The number of pyridine rings is 2. The Bertz CT molecular complexity index is 2420. The summed E-state index contributed by atoms with van der Waals surface area (Å²) in [6, 6.07) is 43.9. The largest absolute Gasteiger partial charge is 0.486 e. The van der Waals surface area contributed by atoms with Gasteiger partial charge >= 0.3 is 0 Å². The Morgan fingerprint density at radius 2 is 1.55 bits per heavy atom. The van der Waals surface area contributed by atoms with Crippen molar-refractivity contribution < 1.29 is 24.5 Å². The summed E-state index contributed by atoms with van der Waals surface area (Å²) in [5, 5.41) is 3.44. The number of rotatable bonds is 5. The second kappa shape index (κ2) is 14.5. The second-order valence-electron chi connectivity index (χ2n) is 15.1. The van der Waals surface area contributed by atoms with E-state index in [-0.39, 0.29) is 25.5 Å². The Balaban J connectivity index is 0.000000211. The quantitative estimate of drug-likeness (QED) is 0.128. The molecule has 4 aromatic carbocycles. The number of fused-ring (bicyclic) bond motifs is 4. The minimum atomic E-state index is -1.24. The number of benzene rings is 4. The van der Waals surface area contributed by atoms with Gasteiger partial charge in [0, 0.05) is 43.1 Å². The summed E-state index contributed by atoms with van der Waals surface area (Å²) in [6.45, 7) is 15.7. The number of hydrogen-bond donors (Lipinski definition) is 0. The first-order valence-electron chi connectivity index (χ1n) is 17.2. The van der Waals surface area contributed by atoms with E-state index in [1.165, 1.54) is 10.8 Å². The summed E-state index contributed by atoms with van der Waals surface area (Å²) in [7, 11) is -1.24. The molecule has 0 N–H and O–H groups in total. The third-order valence-electron chi connectivity index (χ3n) is 8.74. The van der Waals surface area contributed by atoms with Crippen LogP contribution in [0.5, 0.6) is 0 Å². The third-order valence-corrected chi connectivity index (χ3v) is 10.8. The molecular weight excluding hydrogens is 821 g/mol. The Kier molecular flexibility index (Phi) is 10.3. The van der Waals surface area contributed by atoms with Crippen molar-refractivity contribution in [3.05, 3.63) is 139 Å². The van der Waals surface area contributed by atoms with Crippen LogP contribution in [0.4, 0.5) is 0 Å². The van der Waals surface area contributed by atoms with Crippen LogP contribution in [0.25, 0.3) is 61.4 Å². The van der Waals surface area contributed by atoms with Crippen LogP contribution in [-0.4, -0.2) is 27.6 Å². The van der Waals surface area contributed by atoms with Gasteiger partial charge in [0.05, 0.1) is 30.5 Å². The molecule has 0 unspecified atom stereocenters. The molecule has 0 saturated heterocycles. The molecule has 5 nitrogen and oxygen atoms in total. The number of aryl methyl sites for hydroxylation is 1. The van der Waals surface area contributed by atoms with Crippen LogP contribution in [0.15, 0.2) is 120 Å². The molecule has 51 heavy (non-hydrogen) atoms. The van der Waals surface area contributed by atoms with Crippen LogP contribution in [0, 0.1) is 24.5 Å². The number of para-hydroxylation sites is 3. The fourth-order valence-electron chi connectivity index (χ4n) is 6.16. The van der Waals surface area contributed by atoms with Gasteiger partial charge in [0.15, 0.2) is 0 Å². The fraction of sp³-hybridized carbons (Fsp3) is 0.205. The average molecular weight is 863 g/mol. The van der Waals surface area contributed by atoms with Gasteiger partial charge in [-0.2, -0.15) is 0 Å². The molecule has 0 bridgehead atoms. The zero-order valence-electron chi connectivity index (χ0n) is 30.2. The molecule has 0 saturated carbocycles. The van der Waals surface area contributed by atoms with E-state index in [0.29, 0.717) is 5.71 Å². The van der Waals surface area contributed by atoms with Crippen molar-refractivity contribution in [1.82, 2.24) is 19.5 Å². The summed E-state index contributed by atoms with van der Waals surface area (Å²) in [6.07, 6.45) is 2.91. The van der Waals surface area contributed by atoms with Gasteiger partial charge < -0.3 is 14.0 Å². The first kappa shape index (κ1) is 36.1. The molecule has 0 atom stereocenters. The average Bonchev–Trinajstić information content (AvgIpc) is 3.67. The van der Waals surface area contributed by atoms with Crippen molar-refractivity contribution in [2.75, 3.05) is 0 Å². The molecular formula is C44H42IrN4OSi-2. The third kappa shape index (κ3) is 7.81. The molecule has 4 aromatic heterocycles. The van der Waals surface area contributed by atoms with Gasteiger partial charge in [0.25, 0.3) is 0 Å². The van der Waals surface area contributed by atoms with Crippen molar-refractivity contribution in [2.24, 2.45) is 5.41 Å². The maximum atomic E-state index is 6.38. The molecule has 0 amide bonds. The summed E-state index contributed by atoms with van der Waals surface area (Å²) in [5.41, 5.74) is 9.79. The minimum absolute atomic E-state index is 0. The SMILES string of the molecule is CC(C)(C)Cc1ccc2c(n1)oc1c(-c3nc4ccccc4n3-c3ccccc3)[c-]ccc12.Cc1c[c-]c(-c2ccc([Si](C)(C)C)cn2)cc1.[Ir]. The first-order valence-corrected chi connectivity index (χ1v) is 20.7. The van der Waals surface area contributed by atoms with Crippen LogP contribution in [0.1, 0.15) is 32.0 Å². The number of hydrogen-bond acceptors (Lipinski definition) is 4. The molecule has 8 aromatic rings. The number of nitrogens with zero attached hydrogens (tertiary/aromatic N) is 4. The van der Waals surface area contributed by atoms with Gasteiger partial charge in [-0.3, -0.25) is 4.98 Å². The van der Waals surface area contributed by atoms with Gasteiger partial charge in [-0.1, -0.05) is 101 Å². The first-order chi connectivity index (χ1) is 23.9. The maximum absolute atomic E-state index is 6.38. The molecule has 0 fully saturated rings. The smallest absolute Gasteiger partial charge is 0.216 e. The van der Waals surface area contributed by atoms with E-state index in [1.807, 2.05) is 60.8 Å². The standard InChI is InChI=1S/C29H24N3O.C15H18NSi.Ir/c1-29(2,3)18-19-16-17-22-21-12-9-13-23(26(21)33-28(22)30-19)27-31-24-14-7-8-15-25(24)32(27)20-10-5-4-6-11-20;1-12-5-7-13(8-6-12)15-10-9-14(11-16-15)17(2,3)4;/h4-12,14-17H,18H2,1-3H3;5-7,9-11H,1-4H3;/q2*-1;. The van der Waals surface area contributed by atoms with Crippen molar-refractivity contribution in [3.63, 3.8) is 0 Å². The molecule has 259 valence electrons. The van der Waals surface area contributed by atoms with E-state index in [9.17, 15) is 0 Å². The Labute approximate surface area is 315 Å². The molecule has 4 heterocycles. The number of imidazole rings is 1. The van der Waals surface area contributed by atoms with E-state index < -0.39 is 8.07 Å². The second-order valence-corrected chi connectivity index (χ2v) is 20.2. The van der Waals surface area contributed by atoms with E-state index in [1.54, 1.807) is 0 Å². The van der Waals surface area contributed by atoms with Crippen LogP contribution in [-0.2, 0) is 26.5 Å². The van der Waals surface area contributed by atoms with Crippen LogP contribution >= 0.6 is 0 Å². The molecule has 1 radical (unpaired) electrons. The van der Waals surface area contributed by atoms with Crippen LogP contribution in [0.3, 0.4) is 0 Å². The summed E-state index contributed by atoms with van der Waals surface area (Å²) < 4.78 is 8.56. The molecule has 0 aliphatic carbocycles. The number of aromatic nitrogens is 4. The zero-order valence-corrected chi connectivity index (χ0v) is 33.6. The maximum Gasteiger partial charge on any atom is 0.216 e. The predicted octanol–water partition coefficient (Wildman–Crippen LogP) is 10.8. The zero-order chi connectivity index (χ0) is 35.0. The van der Waals surface area contributed by atoms with Crippen molar-refractivity contribution in [3.8, 4) is 28.3 Å². The van der Waals surface area contributed by atoms with Crippen LogP contribution < -0.4 is 5.19 Å². The van der Waals surface area contributed by atoms with E-state index in [4.69, 9.17) is 14.4 Å². The summed E-state index contributed by atoms with van der Waals surface area (Å²) in [5.74, 6) is 0.807. The summed E-state index contributed by atoms with van der Waals surface area (Å²) >= 11 is 0. The molecule has 0 aliphatic heterocycles. The molecule has 8 rings (SSSR count). The van der Waals surface area contributed by atoms with Gasteiger partial charge in [-0.05, 0) is 59.1 Å². The monoisotopic (exact) mass is 863 g/mol. The summed E-state index contributed by atoms with van der Waals surface area (Å²) in [4.78, 5) is 14.4. The van der Waals surface area contributed by atoms with E-state index in [0.717, 1.165) is 67.8 Å². The number of furan rings is 1. The molecule has 0 spiro atoms. The van der Waals surface area contributed by atoms with E-state index >= 15 is 0 Å². The van der Waals surface area contributed by atoms with Gasteiger partial charge in [-0.15, -0.1) is 53.6 Å². The van der Waals surface area contributed by atoms with Gasteiger partial charge in [-0.25, -0.2) is 4.98 Å². The normalized spacial score (nSPS) is 11.7. The van der Waals surface area contributed by atoms with Gasteiger partial charge in [0.1, 0.15) is 0 Å². The Morgan fingerprint density at radius 3 is 2.24 bits per heavy atom. The van der Waals surface area contributed by atoms with Crippen molar-refractivity contribution in [1.29, 1.82) is 0 Å². The van der Waals surface area contributed by atoms with Crippen LogP contribution in [0.2, 0.25) is 19.6 Å². The van der Waals surface area contributed by atoms with Gasteiger partial charge in [0.2, 0.25) is 5.71 Å². The minimum Gasteiger partial charge on any atom is -0.486 e. The van der Waals surface area contributed by atoms with E-state index in [2.05, 4.69) is 124 Å². The molecule has 7 heteroatoms. The Hall–Kier alpha value is -4.68. The molecule has 0 aliphatic rings. The Morgan fingerprint density at radius 1 is 0.784 bits per heavy atom. The van der Waals surface area contributed by atoms with Crippen molar-refractivity contribution >= 4 is 46.4 Å². The van der Waals surface area contributed by atoms with Crippen molar-refractivity contribution in [2.45, 2.75) is 53.8 Å².